The first-order chi connectivity index (χ1) is 11.6. The number of imidazole rings is 1. The molecule has 0 aliphatic carbocycles. The Morgan fingerprint density at radius 3 is 2.62 bits per heavy atom. The number of ketones is 1. The van der Waals surface area contributed by atoms with Crippen molar-refractivity contribution in [1.29, 1.82) is 0 Å². The second-order valence-corrected chi connectivity index (χ2v) is 5.11. The average molecular weight is 321 g/mol. The number of anilines is 1. The summed E-state index contributed by atoms with van der Waals surface area (Å²) in [5.41, 5.74) is 1.11. The first-order valence-corrected chi connectivity index (χ1v) is 7.28. The number of hydrogen-bond donors (Lipinski definition) is 1. The largest absolute Gasteiger partial charge is 0.465 e. The van der Waals surface area contributed by atoms with Crippen molar-refractivity contribution in [2.75, 3.05) is 5.32 Å². The number of furan rings is 1. The van der Waals surface area contributed by atoms with E-state index in [1.54, 1.807) is 66.5 Å². The monoisotopic (exact) mass is 321 g/mol. The van der Waals surface area contributed by atoms with Gasteiger partial charge >= 0.3 is 0 Å². The van der Waals surface area contributed by atoms with Gasteiger partial charge in [0.2, 0.25) is 11.7 Å². The number of aromatic nitrogens is 2. The van der Waals surface area contributed by atoms with Crippen LogP contribution in [0.3, 0.4) is 0 Å². The van der Waals surface area contributed by atoms with Crippen LogP contribution in [0.2, 0.25) is 0 Å². The molecule has 24 heavy (non-hydrogen) atoms. The van der Waals surface area contributed by atoms with Gasteiger partial charge in [-0.2, -0.15) is 0 Å². The number of rotatable bonds is 5. The Hall–Kier alpha value is -3.41. The van der Waals surface area contributed by atoms with Crippen LogP contribution in [-0.2, 0) is 11.8 Å². The van der Waals surface area contributed by atoms with Crippen molar-refractivity contribution in [2.24, 2.45) is 7.05 Å². The molecule has 0 bridgehead atoms. The summed E-state index contributed by atoms with van der Waals surface area (Å²) in [6.07, 6.45) is 7.79. The van der Waals surface area contributed by atoms with Gasteiger partial charge < -0.3 is 14.3 Å². The predicted molar refractivity (Wildman–Crippen MR) is 89.5 cm³/mol. The van der Waals surface area contributed by atoms with Gasteiger partial charge in [-0.1, -0.05) is 0 Å². The molecule has 3 aromatic rings. The summed E-state index contributed by atoms with van der Waals surface area (Å²) in [7, 11) is 1.76. The van der Waals surface area contributed by atoms with Crippen LogP contribution in [0.15, 0.2) is 65.5 Å². The molecular formula is C18H15N3O3. The molecule has 3 rings (SSSR count). The van der Waals surface area contributed by atoms with Gasteiger partial charge in [0.1, 0.15) is 5.76 Å². The predicted octanol–water partition coefficient (Wildman–Crippen LogP) is 2.90. The Kier molecular flexibility index (Phi) is 4.38. The maximum atomic E-state index is 12.3. The number of benzene rings is 1. The molecule has 120 valence electrons. The number of amides is 1. The molecule has 0 saturated heterocycles. The lowest BCUT2D eigenvalue weighted by Crippen LogP contribution is -2.10. The number of carbonyl (C=O) groups is 2. The summed E-state index contributed by atoms with van der Waals surface area (Å²) >= 11 is 0. The molecule has 0 aliphatic heterocycles. The molecule has 0 atom stereocenters. The first-order valence-electron chi connectivity index (χ1n) is 7.28. The van der Waals surface area contributed by atoms with E-state index in [9.17, 15) is 9.59 Å². The standard InChI is InChI=1S/C18H15N3O3/c1-21-11-10-19-18(21)17(23)13-4-6-14(7-5-13)20-16(22)9-8-15-3-2-12-24-15/h2-12H,1H3,(H,20,22). The van der Waals surface area contributed by atoms with Crippen LogP contribution >= 0.6 is 0 Å². The summed E-state index contributed by atoms with van der Waals surface area (Å²) in [6.45, 7) is 0. The second kappa shape index (κ2) is 6.78. The van der Waals surface area contributed by atoms with Crippen molar-refractivity contribution in [3.63, 3.8) is 0 Å². The van der Waals surface area contributed by atoms with E-state index in [2.05, 4.69) is 10.3 Å². The van der Waals surface area contributed by atoms with E-state index in [0.717, 1.165) is 0 Å². The Balaban J connectivity index is 1.65. The summed E-state index contributed by atoms with van der Waals surface area (Å²) in [4.78, 5) is 28.2. The quantitative estimate of drug-likeness (QED) is 0.579. The third-order valence-corrected chi connectivity index (χ3v) is 3.38. The molecule has 0 unspecified atom stereocenters. The van der Waals surface area contributed by atoms with E-state index in [-0.39, 0.29) is 11.7 Å². The van der Waals surface area contributed by atoms with E-state index in [0.29, 0.717) is 22.8 Å². The van der Waals surface area contributed by atoms with Crippen molar-refractivity contribution < 1.29 is 14.0 Å². The van der Waals surface area contributed by atoms with Gasteiger partial charge in [-0.3, -0.25) is 9.59 Å². The van der Waals surface area contributed by atoms with Crippen molar-refractivity contribution >= 4 is 23.5 Å². The average Bonchev–Trinajstić information content (AvgIpc) is 3.24. The third kappa shape index (κ3) is 3.49. The minimum Gasteiger partial charge on any atom is -0.465 e. The molecule has 1 aromatic carbocycles. The van der Waals surface area contributed by atoms with E-state index >= 15 is 0 Å². The highest BCUT2D eigenvalue weighted by atomic mass is 16.3. The van der Waals surface area contributed by atoms with Gasteiger partial charge in [-0.05, 0) is 42.5 Å². The number of aryl methyl sites for hydroxylation is 1. The first kappa shape index (κ1) is 15.5. The summed E-state index contributed by atoms with van der Waals surface area (Å²) in [5, 5.41) is 2.72. The van der Waals surface area contributed by atoms with Crippen LogP contribution in [0, 0.1) is 0 Å². The zero-order valence-corrected chi connectivity index (χ0v) is 13.0. The van der Waals surface area contributed by atoms with E-state index in [1.165, 1.54) is 12.3 Å². The summed E-state index contributed by atoms with van der Waals surface area (Å²) in [5.74, 6) is 0.516. The number of hydrogen-bond acceptors (Lipinski definition) is 4. The lowest BCUT2D eigenvalue weighted by molar-refractivity contribution is -0.111. The van der Waals surface area contributed by atoms with Crippen molar-refractivity contribution in [1.82, 2.24) is 9.55 Å². The van der Waals surface area contributed by atoms with Gasteiger partial charge in [0, 0.05) is 36.8 Å². The number of nitrogens with zero attached hydrogens (tertiary/aromatic N) is 2. The Bertz CT molecular complexity index is 875. The minimum atomic E-state index is -0.283. The molecule has 0 spiro atoms. The fraction of sp³-hybridized carbons (Fsp3) is 0.0556. The highest BCUT2D eigenvalue weighted by molar-refractivity contribution is 6.07. The van der Waals surface area contributed by atoms with Crippen molar-refractivity contribution in [3.05, 3.63) is 78.3 Å². The van der Waals surface area contributed by atoms with Gasteiger partial charge in [0.05, 0.1) is 6.26 Å². The van der Waals surface area contributed by atoms with E-state index in [1.807, 2.05) is 0 Å². The zero-order chi connectivity index (χ0) is 16.9. The summed E-state index contributed by atoms with van der Waals surface area (Å²) < 4.78 is 6.77. The van der Waals surface area contributed by atoms with Crippen molar-refractivity contribution in [2.45, 2.75) is 0 Å². The second-order valence-electron chi connectivity index (χ2n) is 5.11. The minimum absolute atomic E-state index is 0.168. The molecule has 6 nitrogen and oxygen atoms in total. The van der Waals surface area contributed by atoms with Crippen molar-refractivity contribution in [3.8, 4) is 0 Å². The van der Waals surface area contributed by atoms with Crippen LogP contribution in [0.4, 0.5) is 5.69 Å². The topological polar surface area (TPSA) is 77.1 Å². The van der Waals surface area contributed by atoms with E-state index in [4.69, 9.17) is 4.42 Å². The molecule has 1 amide bonds. The maximum absolute atomic E-state index is 12.3. The zero-order valence-electron chi connectivity index (χ0n) is 13.0. The smallest absolute Gasteiger partial charge is 0.248 e. The molecule has 0 aliphatic rings. The van der Waals surface area contributed by atoms with Crippen LogP contribution in [-0.4, -0.2) is 21.2 Å². The maximum Gasteiger partial charge on any atom is 0.248 e. The third-order valence-electron chi connectivity index (χ3n) is 3.38. The fourth-order valence-electron chi connectivity index (χ4n) is 2.15. The SMILES string of the molecule is Cn1ccnc1C(=O)c1ccc(NC(=O)C=Cc2ccco2)cc1. The highest BCUT2D eigenvalue weighted by Crippen LogP contribution is 2.13. The lowest BCUT2D eigenvalue weighted by Gasteiger charge is -2.04. The van der Waals surface area contributed by atoms with Gasteiger partial charge in [-0.15, -0.1) is 0 Å². The van der Waals surface area contributed by atoms with Gasteiger partial charge in [-0.25, -0.2) is 4.98 Å². The lowest BCUT2D eigenvalue weighted by atomic mass is 10.1. The molecule has 2 aromatic heterocycles. The van der Waals surface area contributed by atoms with Gasteiger partial charge in [0.15, 0.2) is 5.82 Å². The summed E-state index contributed by atoms with van der Waals surface area (Å²) in [6, 6.07) is 10.2. The molecule has 6 heteroatoms. The Morgan fingerprint density at radius 1 is 1.21 bits per heavy atom. The number of nitrogens with one attached hydrogen (secondary N) is 1. The van der Waals surface area contributed by atoms with Crippen LogP contribution < -0.4 is 5.32 Å². The molecular weight excluding hydrogens is 306 g/mol. The fourth-order valence-corrected chi connectivity index (χ4v) is 2.15. The molecule has 0 fully saturated rings. The van der Waals surface area contributed by atoms with Crippen LogP contribution in [0.1, 0.15) is 21.9 Å². The van der Waals surface area contributed by atoms with E-state index < -0.39 is 0 Å². The Labute approximate surface area is 138 Å². The van der Waals surface area contributed by atoms with Crippen LogP contribution in [0.5, 0.6) is 0 Å². The van der Waals surface area contributed by atoms with Crippen LogP contribution in [0.25, 0.3) is 6.08 Å². The highest BCUT2D eigenvalue weighted by Gasteiger charge is 2.13. The number of carbonyl (C=O) groups excluding carboxylic acids is 2. The van der Waals surface area contributed by atoms with Gasteiger partial charge in [0.25, 0.3) is 0 Å². The normalized spacial score (nSPS) is 10.9. The molecule has 0 saturated carbocycles. The molecule has 2 heterocycles. The molecule has 1 N–H and O–H groups in total. The molecule has 0 radical (unpaired) electrons. The Morgan fingerprint density at radius 2 is 2.00 bits per heavy atom.